The van der Waals surface area contributed by atoms with Gasteiger partial charge in [-0.1, -0.05) is 20.3 Å². The number of amides is 1. The normalized spacial score (nSPS) is 25.9. The number of carbonyl (C=O) groups is 1. The molecule has 1 aliphatic carbocycles. The quantitative estimate of drug-likeness (QED) is 0.615. The van der Waals surface area contributed by atoms with E-state index in [2.05, 4.69) is 10.6 Å². The summed E-state index contributed by atoms with van der Waals surface area (Å²) in [6.07, 6.45) is 2.76. The Balaban J connectivity index is 2.11. The van der Waals surface area contributed by atoms with Crippen LogP contribution >= 0.6 is 0 Å². The standard InChI is InChI=1S/C11H22N2O2/c1-8(2)12-7-11(15)13-6-9-4-3-5-10(9)14/h8-10,12,14H,3-7H2,1-2H3,(H,13,15). The van der Waals surface area contributed by atoms with E-state index in [-0.39, 0.29) is 17.9 Å². The van der Waals surface area contributed by atoms with Crippen molar-refractivity contribution in [3.8, 4) is 0 Å². The van der Waals surface area contributed by atoms with Gasteiger partial charge in [0.25, 0.3) is 0 Å². The molecule has 88 valence electrons. The summed E-state index contributed by atoms with van der Waals surface area (Å²) in [6.45, 7) is 4.99. The first kappa shape index (κ1) is 12.5. The summed E-state index contributed by atoms with van der Waals surface area (Å²) in [5, 5.41) is 15.5. The molecule has 0 spiro atoms. The van der Waals surface area contributed by atoms with E-state index in [1.54, 1.807) is 0 Å². The molecular weight excluding hydrogens is 192 g/mol. The summed E-state index contributed by atoms with van der Waals surface area (Å²) in [5.41, 5.74) is 0. The van der Waals surface area contributed by atoms with Crippen molar-refractivity contribution in [2.24, 2.45) is 5.92 Å². The van der Waals surface area contributed by atoms with Crippen molar-refractivity contribution in [2.45, 2.75) is 45.3 Å². The van der Waals surface area contributed by atoms with Gasteiger partial charge in [-0.05, 0) is 12.8 Å². The molecule has 0 aliphatic heterocycles. The van der Waals surface area contributed by atoms with Crippen molar-refractivity contribution in [3.63, 3.8) is 0 Å². The first-order valence-corrected chi connectivity index (χ1v) is 5.77. The Labute approximate surface area is 91.4 Å². The highest BCUT2D eigenvalue weighted by Crippen LogP contribution is 2.24. The molecule has 4 nitrogen and oxygen atoms in total. The molecule has 0 saturated heterocycles. The molecule has 0 bridgehead atoms. The predicted octanol–water partition coefficient (Wildman–Crippen LogP) is 0.262. The molecule has 3 N–H and O–H groups in total. The average molecular weight is 214 g/mol. The Hall–Kier alpha value is -0.610. The summed E-state index contributed by atoms with van der Waals surface area (Å²) in [4.78, 5) is 11.4. The second kappa shape index (κ2) is 6.08. The lowest BCUT2D eigenvalue weighted by Gasteiger charge is -2.15. The third-order valence-electron chi connectivity index (χ3n) is 2.85. The van der Waals surface area contributed by atoms with E-state index in [1.165, 1.54) is 0 Å². The van der Waals surface area contributed by atoms with E-state index in [1.807, 2.05) is 13.8 Å². The zero-order valence-electron chi connectivity index (χ0n) is 9.62. The number of aliphatic hydroxyl groups excluding tert-OH is 1. The Kier molecular flexibility index (Phi) is 5.05. The minimum absolute atomic E-state index is 0.0165. The molecule has 0 aromatic rings. The van der Waals surface area contributed by atoms with E-state index in [4.69, 9.17) is 0 Å². The largest absolute Gasteiger partial charge is 0.393 e. The molecule has 4 heteroatoms. The Morgan fingerprint density at radius 3 is 2.73 bits per heavy atom. The van der Waals surface area contributed by atoms with Crippen molar-refractivity contribution in [3.05, 3.63) is 0 Å². The lowest BCUT2D eigenvalue weighted by molar-refractivity contribution is -0.120. The summed E-state index contributed by atoms with van der Waals surface area (Å²) in [7, 11) is 0. The number of hydrogen-bond donors (Lipinski definition) is 3. The maximum atomic E-state index is 11.4. The number of hydrogen-bond acceptors (Lipinski definition) is 3. The fourth-order valence-electron chi connectivity index (χ4n) is 1.86. The van der Waals surface area contributed by atoms with Gasteiger partial charge in [-0.2, -0.15) is 0 Å². The highest BCUT2D eigenvalue weighted by molar-refractivity contribution is 5.77. The summed E-state index contributed by atoms with van der Waals surface area (Å²) in [5.74, 6) is 0.274. The van der Waals surface area contributed by atoms with Gasteiger partial charge in [0.2, 0.25) is 5.91 Å². The average Bonchev–Trinajstić information content (AvgIpc) is 2.58. The molecule has 0 aromatic heterocycles. The van der Waals surface area contributed by atoms with Crippen LogP contribution in [0.1, 0.15) is 33.1 Å². The molecule has 2 unspecified atom stereocenters. The SMILES string of the molecule is CC(C)NCC(=O)NCC1CCCC1O. The molecular formula is C11H22N2O2. The Morgan fingerprint density at radius 1 is 1.47 bits per heavy atom. The topological polar surface area (TPSA) is 61.4 Å². The van der Waals surface area contributed by atoms with E-state index in [9.17, 15) is 9.90 Å². The van der Waals surface area contributed by atoms with Crippen LogP contribution in [-0.2, 0) is 4.79 Å². The van der Waals surface area contributed by atoms with Crippen molar-refractivity contribution < 1.29 is 9.90 Å². The first-order valence-electron chi connectivity index (χ1n) is 5.77. The number of nitrogens with one attached hydrogen (secondary N) is 2. The molecule has 1 fully saturated rings. The zero-order chi connectivity index (χ0) is 11.3. The van der Waals surface area contributed by atoms with E-state index in [0.29, 0.717) is 19.1 Å². The van der Waals surface area contributed by atoms with Crippen LogP contribution in [-0.4, -0.2) is 36.2 Å². The van der Waals surface area contributed by atoms with Gasteiger partial charge in [-0.25, -0.2) is 0 Å². The molecule has 15 heavy (non-hydrogen) atoms. The molecule has 0 heterocycles. The first-order chi connectivity index (χ1) is 7.09. The van der Waals surface area contributed by atoms with Gasteiger partial charge in [0.05, 0.1) is 12.6 Å². The van der Waals surface area contributed by atoms with Crippen LogP contribution in [0, 0.1) is 5.92 Å². The van der Waals surface area contributed by atoms with Crippen molar-refractivity contribution in [1.82, 2.24) is 10.6 Å². The third-order valence-corrected chi connectivity index (χ3v) is 2.85. The van der Waals surface area contributed by atoms with Crippen LogP contribution in [0.25, 0.3) is 0 Å². The number of rotatable bonds is 5. The lowest BCUT2D eigenvalue weighted by atomic mass is 10.1. The second-order valence-corrected chi connectivity index (χ2v) is 4.60. The van der Waals surface area contributed by atoms with E-state index < -0.39 is 0 Å². The summed E-state index contributed by atoms with van der Waals surface area (Å²) in [6, 6.07) is 0.327. The van der Waals surface area contributed by atoms with Crippen LogP contribution in [0.2, 0.25) is 0 Å². The van der Waals surface area contributed by atoms with Crippen molar-refractivity contribution in [2.75, 3.05) is 13.1 Å². The zero-order valence-corrected chi connectivity index (χ0v) is 9.62. The molecule has 1 rings (SSSR count). The minimum atomic E-state index is -0.219. The second-order valence-electron chi connectivity index (χ2n) is 4.60. The van der Waals surface area contributed by atoms with Gasteiger partial charge in [0, 0.05) is 18.5 Å². The van der Waals surface area contributed by atoms with Gasteiger partial charge in [-0.3, -0.25) is 4.79 Å². The van der Waals surface area contributed by atoms with Gasteiger partial charge in [0.1, 0.15) is 0 Å². The van der Waals surface area contributed by atoms with E-state index in [0.717, 1.165) is 19.3 Å². The summed E-state index contributed by atoms with van der Waals surface area (Å²) < 4.78 is 0. The van der Waals surface area contributed by atoms with Gasteiger partial charge in [-0.15, -0.1) is 0 Å². The highest BCUT2D eigenvalue weighted by Gasteiger charge is 2.25. The smallest absolute Gasteiger partial charge is 0.233 e. The van der Waals surface area contributed by atoms with Crippen LogP contribution in [0.15, 0.2) is 0 Å². The maximum absolute atomic E-state index is 11.4. The van der Waals surface area contributed by atoms with Gasteiger partial charge in [0.15, 0.2) is 0 Å². The fraction of sp³-hybridized carbons (Fsp3) is 0.909. The molecule has 0 aromatic carbocycles. The monoisotopic (exact) mass is 214 g/mol. The van der Waals surface area contributed by atoms with Crippen LogP contribution in [0.3, 0.4) is 0 Å². The van der Waals surface area contributed by atoms with Crippen molar-refractivity contribution >= 4 is 5.91 Å². The minimum Gasteiger partial charge on any atom is -0.393 e. The highest BCUT2D eigenvalue weighted by atomic mass is 16.3. The third kappa shape index (κ3) is 4.62. The molecule has 1 saturated carbocycles. The molecule has 2 atom stereocenters. The van der Waals surface area contributed by atoms with Crippen LogP contribution in [0.4, 0.5) is 0 Å². The predicted molar refractivity (Wildman–Crippen MR) is 59.5 cm³/mol. The summed E-state index contributed by atoms with van der Waals surface area (Å²) >= 11 is 0. The number of aliphatic hydroxyl groups is 1. The Bertz CT molecular complexity index is 207. The lowest BCUT2D eigenvalue weighted by Crippen LogP contribution is -2.39. The van der Waals surface area contributed by atoms with Gasteiger partial charge >= 0.3 is 0 Å². The van der Waals surface area contributed by atoms with Crippen molar-refractivity contribution in [1.29, 1.82) is 0 Å². The molecule has 0 radical (unpaired) electrons. The maximum Gasteiger partial charge on any atom is 0.233 e. The fourth-order valence-corrected chi connectivity index (χ4v) is 1.86. The van der Waals surface area contributed by atoms with E-state index >= 15 is 0 Å². The van der Waals surface area contributed by atoms with Gasteiger partial charge < -0.3 is 15.7 Å². The Morgan fingerprint density at radius 2 is 2.20 bits per heavy atom. The number of carbonyl (C=O) groups excluding carboxylic acids is 1. The van der Waals surface area contributed by atoms with Crippen LogP contribution in [0.5, 0.6) is 0 Å². The molecule has 1 amide bonds. The van der Waals surface area contributed by atoms with Crippen LogP contribution < -0.4 is 10.6 Å². The molecule has 1 aliphatic rings.